The summed E-state index contributed by atoms with van der Waals surface area (Å²) in [6.07, 6.45) is 1.64. The molecule has 0 spiro atoms. The number of methoxy groups -OCH3 is 1. The molecular weight excluding hydrogens is 430 g/mol. The van der Waals surface area contributed by atoms with Crippen molar-refractivity contribution >= 4 is 27.4 Å². The Balaban J connectivity index is 1.43. The van der Waals surface area contributed by atoms with Crippen LogP contribution in [0.3, 0.4) is 0 Å². The minimum atomic E-state index is -0.550. The van der Waals surface area contributed by atoms with Crippen molar-refractivity contribution in [1.29, 1.82) is 0 Å². The second-order valence-corrected chi connectivity index (χ2v) is 7.73. The molecule has 3 heterocycles. The molecule has 0 aliphatic rings. The van der Waals surface area contributed by atoms with Crippen molar-refractivity contribution in [3.63, 3.8) is 0 Å². The summed E-state index contributed by atoms with van der Waals surface area (Å²) in [4.78, 5) is 21.2. The number of nitrogens with one attached hydrogen (secondary N) is 2. The molecule has 160 valence electrons. The van der Waals surface area contributed by atoms with Crippen molar-refractivity contribution in [2.24, 2.45) is 0 Å². The molecule has 5 aromatic rings. The van der Waals surface area contributed by atoms with Gasteiger partial charge in [-0.25, -0.2) is 9.78 Å². The summed E-state index contributed by atoms with van der Waals surface area (Å²) in [7, 11) is 1.56. The lowest BCUT2D eigenvalue weighted by atomic mass is 10.1. The molecule has 0 fully saturated rings. The molecule has 3 N–H and O–H groups in total. The molecule has 0 aliphatic heterocycles. The van der Waals surface area contributed by atoms with E-state index in [9.17, 15) is 9.90 Å². The van der Waals surface area contributed by atoms with Crippen LogP contribution in [0.4, 0.5) is 5.13 Å². The first-order valence-electron chi connectivity index (χ1n) is 9.68. The van der Waals surface area contributed by atoms with Gasteiger partial charge in [0.15, 0.2) is 16.6 Å². The van der Waals surface area contributed by atoms with E-state index < -0.39 is 5.63 Å². The number of anilines is 1. The Hall–Kier alpha value is -4.18. The number of nitrogens with zero attached hydrogens (tertiary/aromatic N) is 3. The van der Waals surface area contributed by atoms with Gasteiger partial charge >= 0.3 is 11.3 Å². The van der Waals surface area contributed by atoms with Gasteiger partial charge in [0.05, 0.1) is 7.11 Å². The summed E-state index contributed by atoms with van der Waals surface area (Å²) in [5, 5.41) is 19.6. The molecule has 0 saturated carbocycles. The third-order valence-corrected chi connectivity index (χ3v) is 5.78. The standard InChI is InChI=1S/C22H17N5O4S/c1-30-17-7-3-2-6-16(17)27-19(21(29)31-26-27)15-12-32-22(25-15)24-11-14-9-8-13-5-4-10-23-18(13)20(14)28/h2-10,12H,11H2,1H3,(H2-,24,25,26,28,29)/p+1. The second-order valence-electron chi connectivity index (χ2n) is 6.88. The van der Waals surface area contributed by atoms with Crippen LogP contribution in [-0.2, 0) is 6.54 Å². The van der Waals surface area contributed by atoms with Crippen molar-refractivity contribution in [3.05, 3.63) is 76.1 Å². The number of phenols is 1. The quantitative estimate of drug-likeness (QED) is 0.341. The normalized spacial score (nSPS) is 11.0. The van der Waals surface area contributed by atoms with E-state index in [1.54, 1.807) is 30.8 Å². The summed E-state index contributed by atoms with van der Waals surface area (Å²) in [6, 6.07) is 14.7. The third-order valence-electron chi connectivity index (χ3n) is 4.98. The monoisotopic (exact) mass is 448 g/mol. The number of aromatic nitrogens is 4. The van der Waals surface area contributed by atoms with Crippen molar-refractivity contribution in [3.8, 4) is 28.6 Å². The average molecular weight is 448 g/mol. The lowest BCUT2D eigenvalue weighted by Crippen LogP contribution is -2.36. The van der Waals surface area contributed by atoms with Gasteiger partial charge in [-0.3, -0.25) is 9.51 Å². The molecule has 5 rings (SSSR count). The topological polar surface area (TPSA) is 117 Å². The Labute approximate surface area is 185 Å². The molecule has 3 aromatic heterocycles. The lowest BCUT2D eigenvalue weighted by molar-refractivity contribution is -0.660. The highest BCUT2D eigenvalue weighted by Gasteiger charge is 2.30. The lowest BCUT2D eigenvalue weighted by Gasteiger charge is -2.07. The molecule has 0 aliphatic carbocycles. The van der Waals surface area contributed by atoms with Crippen LogP contribution in [0, 0.1) is 0 Å². The zero-order valence-electron chi connectivity index (χ0n) is 16.9. The van der Waals surface area contributed by atoms with Crippen LogP contribution < -0.4 is 20.4 Å². The van der Waals surface area contributed by atoms with Crippen molar-refractivity contribution in [2.45, 2.75) is 6.54 Å². The van der Waals surface area contributed by atoms with E-state index in [0.717, 1.165) is 5.39 Å². The van der Waals surface area contributed by atoms with Crippen LogP contribution in [0.1, 0.15) is 5.56 Å². The van der Waals surface area contributed by atoms with Gasteiger partial charge in [0.1, 0.15) is 11.3 Å². The predicted octanol–water partition coefficient (Wildman–Crippen LogP) is 3.24. The van der Waals surface area contributed by atoms with E-state index in [4.69, 9.17) is 9.26 Å². The maximum Gasteiger partial charge on any atom is 0.437 e. The smallest absolute Gasteiger partial charge is 0.437 e. The summed E-state index contributed by atoms with van der Waals surface area (Å²) in [5.41, 5.74) is 2.00. The van der Waals surface area contributed by atoms with Gasteiger partial charge in [-0.15, -0.1) is 11.3 Å². The highest BCUT2D eigenvalue weighted by Crippen LogP contribution is 2.29. The summed E-state index contributed by atoms with van der Waals surface area (Å²) >= 11 is 1.34. The zero-order valence-corrected chi connectivity index (χ0v) is 17.7. The minimum absolute atomic E-state index is 0.132. The number of hydrogen-bond acceptors (Lipinski definition) is 8. The number of benzene rings is 2. The molecule has 9 nitrogen and oxygen atoms in total. The Kier molecular flexibility index (Phi) is 5.04. The van der Waals surface area contributed by atoms with E-state index in [-0.39, 0.29) is 11.4 Å². The van der Waals surface area contributed by atoms with Crippen LogP contribution in [0.25, 0.3) is 28.0 Å². The van der Waals surface area contributed by atoms with E-state index in [0.29, 0.717) is 39.9 Å². The Morgan fingerprint density at radius 2 is 2.09 bits per heavy atom. The van der Waals surface area contributed by atoms with Crippen molar-refractivity contribution in [1.82, 2.24) is 15.2 Å². The number of hydrogen-bond donors (Lipinski definition) is 3. The Bertz CT molecular complexity index is 1470. The molecule has 0 saturated heterocycles. The minimum Gasteiger partial charge on any atom is -0.505 e. The molecule has 0 amide bonds. The van der Waals surface area contributed by atoms with Gasteiger partial charge in [-0.05, 0) is 22.1 Å². The van der Waals surface area contributed by atoms with Gasteiger partial charge in [0, 0.05) is 35.1 Å². The number of H-pyrrole nitrogens is 1. The number of rotatable bonds is 6. The first-order valence-corrected chi connectivity index (χ1v) is 10.6. The summed E-state index contributed by atoms with van der Waals surface area (Å²) < 4.78 is 11.9. The number of phenolic OH excluding ortho intramolecular Hbond substituents is 1. The van der Waals surface area contributed by atoms with Crippen LogP contribution in [0.2, 0.25) is 0 Å². The number of ether oxygens (including phenoxy) is 1. The van der Waals surface area contributed by atoms with E-state index in [2.05, 4.69) is 20.6 Å². The highest BCUT2D eigenvalue weighted by atomic mass is 32.1. The van der Waals surface area contributed by atoms with Gasteiger partial charge < -0.3 is 15.2 Å². The fourth-order valence-corrected chi connectivity index (χ4v) is 4.12. The first-order chi connectivity index (χ1) is 15.7. The molecule has 2 aromatic carbocycles. The molecule has 0 radical (unpaired) electrons. The predicted molar refractivity (Wildman–Crippen MR) is 119 cm³/mol. The van der Waals surface area contributed by atoms with E-state index >= 15 is 0 Å². The van der Waals surface area contributed by atoms with E-state index in [1.807, 2.05) is 36.4 Å². The maximum atomic E-state index is 12.4. The Morgan fingerprint density at radius 3 is 2.97 bits per heavy atom. The third kappa shape index (κ3) is 3.46. The van der Waals surface area contributed by atoms with Crippen LogP contribution >= 0.6 is 11.3 Å². The van der Waals surface area contributed by atoms with Crippen molar-refractivity contribution in [2.75, 3.05) is 12.4 Å². The van der Waals surface area contributed by atoms with Gasteiger partial charge in [0.2, 0.25) is 0 Å². The van der Waals surface area contributed by atoms with Crippen molar-refractivity contribution < 1.29 is 19.0 Å². The Morgan fingerprint density at radius 1 is 1.22 bits per heavy atom. The van der Waals surface area contributed by atoms with Crippen LogP contribution in [0.15, 0.2) is 69.4 Å². The zero-order chi connectivity index (χ0) is 22.1. The first kappa shape index (κ1) is 19.8. The van der Waals surface area contributed by atoms with Gasteiger partial charge in [-0.1, -0.05) is 30.3 Å². The number of thiazole rings is 1. The van der Waals surface area contributed by atoms with Gasteiger partial charge in [0.25, 0.3) is 5.69 Å². The van der Waals surface area contributed by atoms with Gasteiger partial charge in [-0.2, -0.15) is 0 Å². The molecular formula is C22H18N5O4S+. The number of fused-ring (bicyclic) bond motifs is 1. The SMILES string of the molecule is COc1ccccc1-[n+]1[nH]oc(=O)c1-c1csc(NCc2ccc3cccnc3c2O)n1. The second kappa shape index (κ2) is 8.16. The molecule has 0 atom stereocenters. The number of para-hydroxylation sites is 2. The summed E-state index contributed by atoms with van der Waals surface area (Å²) in [5.74, 6) is 0.706. The van der Waals surface area contributed by atoms with Crippen LogP contribution in [0.5, 0.6) is 11.5 Å². The molecule has 0 bridgehead atoms. The largest absolute Gasteiger partial charge is 0.505 e. The molecule has 32 heavy (non-hydrogen) atoms. The summed E-state index contributed by atoms with van der Waals surface area (Å²) in [6.45, 7) is 0.347. The average Bonchev–Trinajstić information content (AvgIpc) is 3.45. The number of aromatic hydroxyl groups is 1. The molecule has 0 unspecified atom stereocenters. The molecule has 10 heteroatoms. The number of pyridine rings is 1. The fraction of sp³-hybridized carbons (Fsp3) is 0.0909. The fourth-order valence-electron chi connectivity index (χ4n) is 3.42. The highest BCUT2D eigenvalue weighted by molar-refractivity contribution is 7.14. The number of aromatic amines is 1. The van der Waals surface area contributed by atoms with E-state index in [1.165, 1.54) is 16.0 Å². The van der Waals surface area contributed by atoms with Crippen LogP contribution in [-0.4, -0.2) is 27.5 Å². The maximum absolute atomic E-state index is 12.4.